The molecule has 0 aliphatic heterocycles. The van der Waals surface area contributed by atoms with Crippen molar-refractivity contribution >= 4 is 11.3 Å². The molecule has 7 nitrogen and oxygen atoms in total. The Morgan fingerprint density at radius 2 is 2.22 bits per heavy atom. The number of fused-ring (bicyclic) bond motifs is 1. The molecule has 0 spiro atoms. The molecule has 0 atom stereocenters. The van der Waals surface area contributed by atoms with Gasteiger partial charge in [0.15, 0.2) is 0 Å². The maximum atomic E-state index is 11.8. The molecule has 3 aromatic heterocycles. The highest BCUT2D eigenvalue weighted by molar-refractivity contribution is 5.62. The van der Waals surface area contributed by atoms with E-state index in [9.17, 15) is 4.79 Å². The molecular formula is C11H9N5O2. The van der Waals surface area contributed by atoms with Crippen molar-refractivity contribution in [2.45, 2.75) is 13.3 Å². The Kier molecular flexibility index (Phi) is 2.36. The second-order valence-electron chi connectivity index (χ2n) is 3.93. The molecule has 0 radical (unpaired) electrons. The van der Waals surface area contributed by atoms with Gasteiger partial charge in [-0.3, -0.25) is 14.8 Å². The van der Waals surface area contributed by atoms with Crippen molar-refractivity contribution in [1.29, 1.82) is 0 Å². The van der Waals surface area contributed by atoms with Gasteiger partial charge in [-0.05, 0) is 28.9 Å². The van der Waals surface area contributed by atoms with Gasteiger partial charge in [-0.1, -0.05) is 6.07 Å². The van der Waals surface area contributed by atoms with Gasteiger partial charge in [0.25, 0.3) is 5.56 Å². The second kappa shape index (κ2) is 4.02. The summed E-state index contributed by atoms with van der Waals surface area (Å²) in [4.78, 5) is 22.6. The molecule has 3 aromatic rings. The maximum absolute atomic E-state index is 11.8. The fourth-order valence-corrected chi connectivity index (χ4v) is 1.61. The number of nitrogens with one attached hydrogen (secondary N) is 1. The van der Waals surface area contributed by atoms with E-state index in [4.69, 9.17) is 0 Å². The van der Waals surface area contributed by atoms with Crippen LogP contribution in [0.5, 0.6) is 0 Å². The normalized spacial score (nSPS) is 10.9. The van der Waals surface area contributed by atoms with Crippen LogP contribution in [0.2, 0.25) is 0 Å². The van der Waals surface area contributed by atoms with Crippen molar-refractivity contribution < 1.29 is 4.63 Å². The standard InChI is InChI=1S/C11H9N5O2/c1-6-2-3-7(5-12-6)4-8-11(17)14-10-9(13-8)15-18-16-10/h2-3,5H,4H2,1H3,(H,14,16,17). The van der Waals surface area contributed by atoms with E-state index in [1.165, 1.54) is 0 Å². The molecule has 0 bridgehead atoms. The van der Waals surface area contributed by atoms with Crippen LogP contribution in [0.3, 0.4) is 0 Å². The largest absolute Gasteiger partial charge is 0.299 e. The van der Waals surface area contributed by atoms with Crippen molar-refractivity contribution in [3.05, 3.63) is 45.6 Å². The van der Waals surface area contributed by atoms with E-state index in [1.54, 1.807) is 6.20 Å². The van der Waals surface area contributed by atoms with Gasteiger partial charge >= 0.3 is 0 Å². The summed E-state index contributed by atoms with van der Waals surface area (Å²) in [7, 11) is 0. The fourth-order valence-electron chi connectivity index (χ4n) is 1.61. The predicted octanol–water partition coefficient (Wildman–Crippen LogP) is 0.600. The van der Waals surface area contributed by atoms with Crippen LogP contribution in [-0.4, -0.2) is 25.3 Å². The van der Waals surface area contributed by atoms with Crippen molar-refractivity contribution in [2.75, 3.05) is 0 Å². The minimum absolute atomic E-state index is 0.255. The van der Waals surface area contributed by atoms with Crippen molar-refractivity contribution in [2.24, 2.45) is 0 Å². The lowest BCUT2D eigenvalue weighted by Gasteiger charge is -1.99. The molecule has 0 fully saturated rings. The Morgan fingerprint density at radius 3 is 3.00 bits per heavy atom. The van der Waals surface area contributed by atoms with Crippen LogP contribution in [0.25, 0.3) is 11.3 Å². The summed E-state index contributed by atoms with van der Waals surface area (Å²) in [6.07, 6.45) is 2.12. The molecule has 0 saturated carbocycles. The summed E-state index contributed by atoms with van der Waals surface area (Å²) in [5.41, 5.74) is 2.46. The summed E-state index contributed by atoms with van der Waals surface area (Å²) in [5, 5.41) is 7.12. The lowest BCUT2D eigenvalue weighted by Crippen LogP contribution is -2.15. The zero-order valence-corrected chi connectivity index (χ0v) is 9.54. The highest BCUT2D eigenvalue weighted by atomic mass is 16.6. The summed E-state index contributed by atoms with van der Waals surface area (Å²) < 4.78 is 4.50. The lowest BCUT2D eigenvalue weighted by molar-refractivity contribution is 0.314. The van der Waals surface area contributed by atoms with Crippen molar-refractivity contribution in [3.8, 4) is 0 Å². The molecular weight excluding hydrogens is 234 g/mol. The van der Waals surface area contributed by atoms with E-state index in [-0.39, 0.29) is 11.2 Å². The van der Waals surface area contributed by atoms with E-state index in [0.717, 1.165) is 11.3 Å². The van der Waals surface area contributed by atoms with Crippen LogP contribution in [0.15, 0.2) is 27.8 Å². The van der Waals surface area contributed by atoms with Crippen LogP contribution in [0, 0.1) is 6.92 Å². The third-order valence-corrected chi connectivity index (χ3v) is 2.55. The number of rotatable bonds is 2. The minimum atomic E-state index is -0.293. The molecule has 1 N–H and O–H groups in total. The number of pyridine rings is 1. The molecule has 3 heterocycles. The van der Waals surface area contributed by atoms with Crippen molar-refractivity contribution in [3.63, 3.8) is 0 Å². The predicted molar refractivity (Wildman–Crippen MR) is 62.0 cm³/mol. The zero-order chi connectivity index (χ0) is 12.5. The highest BCUT2D eigenvalue weighted by Crippen LogP contribution is 2.06. The van der Waals surface area contributed by atoms with Gasteiger partial charge in [0.05, 0.1) is 0 Å². The first-order chi connectivity index (χ1) is 8.72. The smallest absolute Gasteiger partial charge is 0.271 e. The Hall–Kier alpha value is -2.57. The number of aromatic amines is 1. The molecule has 18 heavy (non-hydrogen) atoms. The Morgan fingerprint density at radius 1 is 1.33 bits per heavy atom. The SMILES string of the molecule is Cc1ccc(Cc2nc3nonc3[nH]c2=O)cn1. The summed E-state index contributed by atoms with van der Waals surface area (Å²) in [6, 6.07) is 3.80. The third-order valence-electron chi connectivity index (χ3n) is 2.55. The van der Waals surface area contributed by atoms with Gasteiger partial charge in [0, 0.05) is 18.3 Å². The Labute approximate surface area is 101 Å². The average molecular weight is 243 g/mol. The van der Waals surface area contributed by atoms with Gasteiger partial charge < -0.3 is 0 Å². The number of nitrogens with zero attached hydrogens (tertiary/aromatic N) is 4. The molecule has 0 aromatic carbocycles. The van der Waals surface area contributed by atoms with Crippen LogP contribution in [0.4, 0.5) is 0 Å². The highest BCUT2D eigenvalue weighted by Gasteiger charge is 2.09. The molecule has 0 aliphatic carbocycles. The molecule has 0 amide bonds. The van der Waals surface area contributed by atoms with Gasteiger partial charge in [-0.2, -0.15) is 0 Å². The van der Waals surface area contributed by atoms with Crippen LogP contribution < -0.4 is 5.56 Å². The molecule has 0 saturated heterocycles. The summed E-state index contributed by atoms with van der Waals surface area (Å²) >= 11 is 0. The van der Waals surface area contributed by atoms with Crippen LogP contribution in [-0.2, 0) is 6.42 Å². The van der Waals surface area contributed by atoms with E-state index in [2.05, 4.69) is 29.9 Å². The Bertz CT molecular complexity index is 744. The third kappa shape index (κ3) is 1.86. The zero-order valence-electron chi connectivity index (χ0n) is 9.54. The second-order valence-corrected chi connectivity index (χ2v) is 3.93. The lowest BCUT2D eigenvalue weighted by atomic mass is 10.1. The summed E-state index contributed by atoms with van der Waals surface area (Å²) in [5.74, 6) is 0. The Balaban J connectivity index is 2.01. The van der Waals surface area contributed by atoms with Crippen molar-refractivity contribution in [1.82, 2.24) is 25.3 Å². The number of aryl methyl sites for hydroxylation is 1. The van der Waals surface area contributed by atoms with Gasteiger partial charge in [0.1, 0.15) is 5.69 Å². The monoisotopic (exact) mass is 243 g/mol. The molecule has 7 heteroatoms. The van der Waals surface area contributed by atoms with E-state index < -0.39 is 0 Å². The molecule has 90 valence electrons. The first kappa shape index (κ1) is 10.6. The van der Waals surface area contributed by atoms with E-state index in [1.807, 2.05) is 19.1 Å². The maximum Gasteiger partial charge on any atom is 0.271 e. The number of aromatic nitrogens is 5. The number of hydrogen-bond donors (Lipinski definition) is 1. The van der Waals surface area contributed by atoms with Crippen LogP contribution >= 0.6 is 0 Å². The van der Waals surface area contributed by atoms with E-state index >= 15 is 0 Å². The van der Waals surface area contributed by atoms with E-state index in [0.29, 0.717) is 17.8 Å². The summed E-state index contributed by atoms with van der Waals surface area (Å²) in [6.45, 7) is 1.90. The minimum Gasteiger partial charge on any atom is -0.299 e. The van der Waals surface area contributed by atoms with Crippen LogP contribution in [0.1, 0.15) is 17.0 Å². The van der Waals surface area contributed by atoms with Gasteiger partial charge in [0.2, 0.25) is 11.3 Å². The first-order valence-corrected chi connectivity index (χ1v) is 5.35. The molecule has 3 rings (SSSR count). The average Bonchev–Trinajstić information content (AvgIpc) is 2.79. The molecule has 0 aliphatic rings. The number of H-pyrrole nitrogens is 1. The molecule has 0 unspecified atom stereocenters. The first-order valence-electron chi connectivity index (χ1n) is 5.35. The topological polar surface area (TPSA) is 97.6 Å². The fraction of sp³-hybridized carbons (Fsp3) is 0.182. The van der Waals surface area contributed by atoms with Gasteiger partial charge in [-0.25, -0.2) is 9.61 Å². The quantitative estimate of drug-likeness (QED) is 0.707. The number of hydrogen-bond acceptors (Lipinski definition) is 6. The van der Waals surface area contributed by atoms with Gasteiger partial charge in [-0.15, -0.1) is 0 Å².